The number of rotatable bonds is 3. The summed E-state index contributed by atoms with van der Waals surface area (Å²) in [5.74, 6) is 0.236. The first-order chi connectivity index (χ1) is 8.54. The second-order valence-electron chi connectivity index (χ2n) is 3.76. The molecular weight excluding hydrogens is 268 g/mol. The minimum Gasteiger partial charge on any atom is -0.712 e. The molecule has 0 aromatic heterocycles. The maximum atomic E-state index is 10.7. The van der Waals surface area contributed by atoms with Crippen molar-refractivity contribution in [3.05, 3.63) is 60.2 Å². The molecule has 0 saturated carbocycles. The maximum absolute atomic E-state index is 10.7. The van der Waals surface area contributed by atoms with E-state index in [1.807, 2.05) is 54.6 Å². The Morgan fingerprint density at radius 2 is 1.72 bits per heavy atom. The molecule has 0 aliphatic carbocycles. The minimum absolute atomic E-state index is 0.236. The topological polar surface area (TPSA) is 60.4 Å². The highest BCUT2D eigenvalue weighted by atomic mass is 32.9. The van der Waals surface area contributed by atoms with Crippen LogP contribution in [-0.2, 0) is 25.1 Å². The summed E-state index contributed by atoms with van der Waals surface area (Å²) in [5, 5.41) is 0. The lowest BCUT2D eigenvalue weighted by Crippen LogP contribution is -1.97. The summed E-state index contributed by atoms with van der Waals surface area (Å²) >= 11 is 0. The van der Waals surface area contributed by atoms with Crippen molar-refractivity contribution in [2.24, 2.45) is 0 Å². The first-order valence-electron chi connectivity index (χ1n) is 5.31. The molecule has 2 aromatic carbocycles. The van der Waals surface area contributed by atoms with Crippen LogP contribution in [0.4, 0.5) is 0 Å². The van der Waals surface area contributed by atoms with Crippen LogP contribution in [0.5, 0.6) is 0 Å². The summed E-state index contributed by atoms with van der Waals surface area (Å²) in [6.07, 6.45) is 0. The molecule has 0 fully saturated rings. The van der Waals surface area contributed by atoms with Crippen LogP contribution in [0, 0.1) is 0 Å². The van der Waals surface area contributed by atoms with Crippen molar-refractivity contribution in [2.75, 3.05) is 0 Å². The Hall–Kier alpha value is -1.27. The third-order valence-corrected chi connectivity index (χ3v) is 4.40. The lowest BCUT2D eigenvalue weighted by molar-refractivity contribution is 0.432. The average molecular weight is 280 g/mol. The van der Waals surface area contributed by atoms with Gasteiger partial charge in [-0.3, -0.25) is 4.55 Å². The molecule has 1 unspecified atom stereocenters. The summed E-state index contributed by atoms with van der Waals surface area (Å²) in [7, 11) is -3.46. The van der Waals surface area contributed by atoms with Gasteiger partial charge in [0.2, 0.25) is 5.75 Å². The second kappa shape index (κ2) is 5.58. The van der Waals surface area contributed by atoms with E-state index in [-0.39, 0.29) is 5.75 Å². The van der Waals surface area contributed by atoms with E-state index in [9.17, 15) is 8.76 Å². The van der Waals surface area contributed by atoms with E-state index in [0.29, 0.717) is 10.3 Å². The van der Waals surface area contributed by atoms with Crippen LogP contribution in [0.2, 0.25) is 0 Å². The van der Waals surface area contributed by atoms with Gasteiger partial charge in [-0.05, 0) is 17.2 Å². The fourth-order valence-electron chi connectivity index (χ4n) is 1.61. The Balaban J connectivity index is 2.29. The van der Waals surface area contributed by atoms with Gasteiger partial charge in [-0.1, -0.05) is 48.5 Å². The van der Waals surface area contributed by atoms with Gasteiger partial charge in [0.15, 0.2) is 0 Å². The second-order valence-corrected chi connectivity index (χ2v) is 7.11. The van der Waals surface area contributed by atoms with Crippen molar-refractivity contribution >= 4 is 19.4 Å². The smallest absolute Gasteiger partial charge is 0.257 e. The molecule has 5 heteroatoms. The predicted octanol–water partition coefficient (Wildman–Crippen LogP) is 2.74. The Kier molecular flexibility index (Phi) is 4.08. The molecule has 2 aromatic rings. The Labute approximate surface area is 110 Å². The summed E-state index contributed by atoms with van der Waals surface area (Å²) in [6, 6.07) is 17.5. The Morgan fingerprint density at radius 1 is 1.06 bits per heavy atom. The molecule has 0 aliphatic heterocycles. The monoisotopic (exact) mass is 280 g/mol. The molecule has 0 saturated heterocycles. The van der Waals surface area contributed by atoms with Gasteiger partial charge in [0.25, 0.3) is 19.4 Å². The number of benzene rings is 2. The number of hydrogen-bond donors (Lipinski definition) is 1. The normalized spacial score (nSPS) is 13.9. The zero-order valence-electron chi connectivity index (χ0n) is 9.48. The highest BCUT2D eigenvalue weighted by Gasteiger charge is 2.05. The van der Waals surface area contributed by atoms with E-state index in [1.54, 1.807) is 0 Å². The molecule has 0 bridgehead atoms. The maximum Gasteiger partial charge on any atom is 0.257 e. The van der Waals surface area contributed by atoms with Crippen molar-refractivity contribution < 1.29 is 13.3 Å². The van der Waals surface area contributed by atoms with Crippen LogP contribution in [0.25, 0.3) is 11.1 Å². The quantitative estimate of drug-likeness (QED) is 0.879. The lowest BCUT2D eigenvalue weighted by atomic mass is 10.0. The molecule has 0 aliphatic rings. The standard InChI is InChI=1S/C13H12O3S2/c14-18(15,16)17-10-11-5-4-8-13(9-11)12-6-2-1-3-7-12/h1-9H,10H2,(H-,14,15,16). The highest BCUT2D eigenvalue weighted by molar-refractivity contribution is 8.33. The average Bonchev–Trinajstić information content (AvgIpc) is 2.37. The molecule has 1 atom stereocenters. The van der Waals surface area contributed by atoms with Gasteiger partial charge >= 0.3 is 0 Å². The predicted molar refractivity (Wildman–Crippen MR) is 74.5 cm³/mol. The third kappa shape index (κ3) is 3.89. The van der Waals surface area contributed by atoms with E-state index in [4.69, 9.17) is 4.55 Å². The van der Waals surface area contributed by atoms with Gasteiger partial charge in [0.05, 0.1) is 0 Å². The molecule has 94 valence electrons. The van der Waals surface area contributed by atoms with Gasteiger partial charge in [-0.2, -0.15) is 4.21 Å². The van der Waals surface area contributed by atoms with Crippen LogP contribution < -0.4 is 0 Å². The first-order valence-corrected chi connectivity index (χ1v) is 8.25. The van der Waals surface area contributed by atoms with Crippen molar-refractivity contribution in [2.45, 2.75) is 5.75 Å². The van der Waals surface area contributed by atoms with Gasteiger partial charge < -0.3 is 4.55 Å². The first kappa shape index (κ1) is 13.2. The highest BCUT2D eigenvalue weighted by Crippen LogP contribution is 2.20. The zero-order valence-corrected chi connectivity index (χ0v) is 11.1. The molecule has 3 nitrogen and oxygen atoms in total. The molecule has 0 spiro atoms. The van der Waals surface area contributed by atoms with Gasteiger partial charge in [0.1, 0.15) is 0 Å². The molecule has 2 rings (SSSR count). The van der Waals surface area contributed by atoms with E-state index in [2.05, 4.69) is 0 Å². The summed E-state index contributed by atoms with van der Waals surface area (Å²) < 4.78 is 30.1. The van der Waals surface area contributed by atoms with Crippen molar-refractivity contribution in [1.82, 2.24) is 0 Å². The van der Waals surface area contributed by atoms with Crippen LogP contribution in [0.1, 0.15) is 5.56 Å². The fourth-order valence-corrected chi connectivity index (χ4v) is 2.93. The molecular formula is C13H12O3S2. The Morgan fingerprint density at radius 3 is 2.39 bits per heavy atom. The van der Waals surface area contributed by atoms with E-state index in [0.717, 1.165) is 16.7 Å². The van der Waals surface area contributed by atoms with Crippen molar-refractivity contribution in [3.8, 4) is 11.1 Å². The summed E-state index contributed by atoms with van der Waals surface area (Å²) in [4.78, 5) is 0. The SMILES string of the molecule is O=S([O-])(O)=[S+]Cc1cccc(-c2ccccc2)c1. The van der Waals surface area contributed by atoms with Crippen LogP contribution in [-0.4, -0.2) is 13.3 Å². The Bertz CT molecular complexity index is 636. The minimum atomic E-state index is -3.98. The van der Waals surface area contributed by atoms with Crippen molar-refractivity contribution in [3.63, 3.8) is 0 Å². The molecule has 1 N–H and O–H groups in total. The fraction of sp³-hybridized carbons (Fsp3) is 0.0769. The van der Waals surface area contributed by atoms with E-state index >= 15 is 0 Å². The molecule has 0 radical (unpaired) electrons. The third-order valence-electron chi connectivity index (χ3n) is 2.41. The summed E-state index contributed by atoms with van der Waals surface area (Å²) in [6.45, 7) is 0. The van der Waals surface area contributed by atoms with Gasteiger partial charge in [0, 0.05) is 5.56 Å². The van der Waals surface area contributed by atoms with Gasteiger partial charge in [-0.15, -0.1) is 0 Å². The van der Waals surface area contributed by atoms with Crippen LogP contribution >= 0.6 is 0 Å². The molecule has 18 heavy (non-hydrogen) atoms. The van der Waals surface area contributed by atoms with E-state index in [1.165, 1.54) is 0 Å². The molecule has 0 amide bonds. The van der Waals surface area contributed by atoms with Gasteiger partial charge in [-0.25, -0.2) is 0 Å². The van der Waals surface area contributed by atoms with Crippen molar-refractivity contribution in [1.29, 1.82) is 0 Å². The summed E-state index contributed by atoms with van der Waals surface area (Å²) in [5.41, 5.74) is 2.97. The van der Waals surface area contributed by atoms with E-state index < -0.39 is 9.05 Å². The van der Waals surface area contributed by atoms with Crippen LogP contribution in [0.3, 0.4) is 0 Å². The zero-order chi connectivity index (χ0) is 13.0. The van der Waals surface area contributed by atoms with Crippen LogP contribution in [0.15, 0.2) is 54.6 Å². The molecule has 0 heterocycles. The lowest BCUT2D eigenvalue weighted by Gasteiger charge is -2.02. The largest absolute Gasteiger partial charge is 0.712 e. The number of hydrogen-bond acceptors (Lipinski definition) is 2.